The van der Waals surface area contributed by atoms with E-state index >= 15 is 0 Å². The van der Waals surface area contributed by atoms with Crippen molar-refractivity contribution in [2.75, 3.05) is 20.8 Å². The normalized spacial score (nSPS) is 16.4. The molecule has 4 heteroatoms. The highest BCUT2D eigenvalue weighted by molar-refractivity contribution is 5.66. The quantitative estimate of drug-likeness (QED) is 0.618. The van der Waals surface area contributed by atoms with Crippen LogP contribution in [0.3, 0.4) is 0 Å². The zero-order valence-corrected chi connectivity index (χ0v) is 16.4. The predicted molar refractivity (Wildman–Crippen MR) is 113 cm³/mol. The van der Waals surface area contributed by atoms with E-state index in [0.717, 1.165) is 42.4 Å². The Bertz CT molecular complexity index is 962. The van der Waals surface area contributed by atoms with Crippen LogP contribution in [0.4, 0.5) is 0 Å². The average molecular weight is 374 g/mol. The van der Waals surface area contributed by atoms with Gasteiger partial charge in [-0.05, 0) is 35.4 Å². The van der Waals surface area contributed by atoms with Crippen LogP contribution < -0.4 is 9.47 Å². The van der Waals surface area contributed by atoms with Crippen LogP contribution >= 0.6 is 0 Å². The fourth-order valence-corrected chi connectivity index (χ4v) is 3.96. The van der Waals surface area contributed by atoms with Gasteiger partial charge >= 0.3 is 0 Å². The molecule has 1 aliphatic rings. The van der Waals surface area contributed by atoms with E-state index < -0.39 is 0 Å². The van der Waals surface area contributed by atoms with Crippen LogP contribution in [0.25, 0.3) is 11.3 Å². The highest BCUT2D eigenvalue weighted by Crippen LogP contribution is 2.36. The molecule has 1 unspecified atom stereocenters. The van der Waals surface area contributed by atoms with Gasteiger partial charge in [0.25, 0.3) is 0 Å². The number of H-pyrrole nitrogens is 1. The van der Waals surface area contributed by atoms with Gasteiger partial charge in [0.1, 0.15) is 0 Å². The van der Waals surface area contributed by atoms with Crippen molar-refractivity contribution in [2.45, 2.75) is 19.0 Å². The van der Waals surface area contributed by atoms with Crippen molar-refractivity contribution in [1.29, 1.82) is 0 Å². The molecule has 1 aliphatic heterocycles. The summed E-state index contributed by atoms with van der Waals surface area (Å²) in [5, 5.41) is 0. The molecule has 0 radical (unpaired) electrons. The Labute approximate surface area is 166 Å². The van der Waals surface area contributed by atoms with Crippen molar-refractivity contribution in [2.24, 2.45) is 0 Å². The number of hydrogen-bond acceptors (Lipinski definition) is 3. The van der Waals surface area contributed by atoms with Gasteiger partial charge in [-0.1, -0.05) is 36.4 Å². The van der Waals surface area contributed by atoms with Gasteiger partial charge in [0.15, 0.2) is 11.5 Å². The first-order valence-electron chi connectivity index (χ1n) is 9.55. The molecule has 0 saturated carbocycles. The molecule has 0 saturated heterocycles. The first-order valence-corrected chi connectivity index (χ1v) is 9.55. The third-order valence-electron chi connectivity index (χ3n) is 5.38. The summed E-state index contributed by atoms with van der Waals surface area (Å²) in [4.78, 5) is 6.11. The van der Waals surface area contributed by atoms with Crippen molar-refractivity contribution in [1.82, 2.24) is 9.88 Å². The molecule has 28 heavy (non-hydrogen) atoms. The van der Waals surface area contributed by atoms with Gasteiger partial charge in [0.05, 0.1) is 14.2 Å². The second-order valence-electron chi connectivity index (χ2n) is 7.19. The standard InChI is InChI=1S/C24H26N2O2/c1-4-18-15-26(14-17-8-6-5-7-9-17)16-20-12-21(25-24(18)20)19-10-11-22(27-2)23(13-19)28-3/h4-13,18,25H,1,14-16H2,2-3H3. The van der Waals surface area contributed by atoms with E-state index in [1.165, 1.54) is 16.8 Å². The lowest BCUT2D eigenvalue weighted by atomic mass is 9.96. The number of benzene rings is 2. The second-order valence-corrected chi connectivity index (χ2v) is 7.19. The van der Waals surface area contributed by atoms with Gasteiger partial charge < -0.3 is 14.5 Å². The minimum atomic E-state index is 0.293. The van der Waals surface area contributed by atoms with Gasteiger partial charge in [-0.3, -0.25) is 4.90 Å². The maximum Gasteiger partial charge on any atom is 0.161 e. The van der Waals surface area contributed by atoms with Crippen molar-refractivity contribution >= 4 is 0 Å². The summed E-state index contributed by atoms with van der Waals surface area (Å²) in [5.74, 6) is 1.76. The molecule has 0 bridgehead atoms. The fraction of sp³-hybridized carbons (Fsp3) is 0.250. The molecule has 0 amide bonds. The second kappa shape index (κ2) is 7.95. The molecule has 1 N–H and O–H groups in total. The first-order chi connectivity index (χ1) is 13.7. The molecule has 0 aliphatic carbocycles. The lowest BCUT2D eigenvalue weighted by Crippen LogP contribution is -2.32. The van der Waals surface area contributed by atoms with E-state index in [9.17, 15) is 0 Å². The number of aromatic amines is 1. The Morgan fingerprint density at radius 2 is 1.86 bits per heavy atom. The van der Waals surface area contributed by atoms with Gasteiger partial charge in [0.2, 0.25) is 0 Å². The highest BCUT2D eigenvalue weighted by Gasteiger charge is 2.26. The van der Waals surface area contributed by atoms with E-state index in [1.807, 2.05) is 18.2 Å². The van der Waals surface area contributed by atoms with E-state index in [0.29, 0.717) is 5.92 Å². The third-order valence-corrected chi connectivity index (χ3v) is 5.38. The summed E-state index contributed by atoms with van der Waals surface area (Å²) in [6, 6.07) is 18.9. The molecule has 2 aromatic carbocycles. The molecule has 4 nitrogen and oxygen atoms in total. The van der Waals surface area contributed by atoms with Gasteiger partial charge in [-0.25, -0.2) is 0 Å². The summed E-state index contributed by atoms with van der Waals surface area (Å²) in [7, 11) is 3.32. The van der Waals surface area contributed by atoms with Crippen LogP contribution in [0.5, 0.6) is 11.5 Å². The van der Waals surface area contributed by atoms with E-state index in [2.05, 4.69) is 58.9 Å². The summed E-state index contributed by atoms with van der Waals surface area (Å²) in [5.41, 5.74) is 6.12. The Morgan fingerprint density at radius 1 is 1.07 bits per heavy atom. The van der Waals surface area contributed by atoms with Crippen molar-refractivity contribution in [3.63, 3.8) is 0 Å². The smallest absolute Gasteiger partial charge is 0.161 e. The molecular weight excluding hydrogens is 348 g/mol. The molecule has 0 spiro atoms. The SMILES string of the molecule is C=CC1CN(Cc2ccccc2)Cc2cc(-c3ccc(OC)c(OC)c3)[nH]c21. The monoisotopic (exact) mass is 374 g/mol. The van der Waals surface area contributed by atoms with Crippen LogP contribution in [0, 0.1) is 0 Å². The van der Waals surface area contributed by atoms with Crippen LogP contribution in [0.2, 0.25) is 0 Å². The topological polar surface area (TPSA) is 37.5 Å². The number of aromatic nitrogens is 1. The van der Waals surface area contributed by atoms with Crippen LogP contribution in [0.15, 0.2) is 67.3 Å². The zero-order valence-electron chi connectivity index (χ0n) is 16.4. The largest absolute Gasteiger partial charge is 0.493 e. The highest BCUT2D eigenvalue weighted by atomic mass is 16.5. The van der Waals surface area contributed by atoms with E-state index in [-0.39, 0.29) is 0 Å². The maximum atomic E-state index is 5.46. The molecule has 1 atom stereocenters. The van der Waals surface area contributed by atoms with Crippen LogP contribution in [-0.2, 0) is 13.1 Å². The summed E-state index contributed by atoms with van der Waals surface area (Å²) in [6.45, 7) is 6.92. The molecule has 144 valence electrons. The molecule has 4 rings (SSSR count). The number of nitrogens with one attached hydrogen (secondary N) is 1. The Balaban J connectivity index is 1.62. The molecule has 3 aromatic rings. The maximum absolute atomic E-state index is 5.46. The third kappa shape index (κ3) is 3.56. The summed E-state index contributed by atoms with van der Waals surface area (Å²) >= 11 is 0. The molecule has 1 aromatic heterocycles. The van der Waals surface area contributed by atoms with E-state index in [1.54, 1.807) is 14.2 Å². The molecule has 0 fully saturated rings. The van der Waals surface area contributed by atoms with Crippen LogP contribution in [-0.4, -0.2) is 30.6 Å². The summed E-state index contributed by atoms with van der Waals surface area (Å²) in [6.07, 6.45) is 2.05. The lowest BCUT2D eigenvalue weighted by Gasteiger charge is -2.31. The van der Waals surface area contributed by atoms with Crippen molar-refractivity contribution in [3.8, 4) is 22.8 Å². The first kappa shape index (κ1) is 18.4. The molecular formula is C24H26N2O2. The number of fused-ring (bicyclic) bond motifs is 1. The number of methoxy groups -OCH3 is 2. The van der Waals surface area contributed by atoms with Gasteiger partial charge in [0, 0.05) is 42.5 Å². The number of hydrogen-bond donors (Lipinski definition) is 1. The number of rotatable bonds is 6. The minimum Gasteiger partial charge on any atom is -0.493 e. The van der Waals surface area contributed by atoms with Gasteiger partial charge in [-0.15, -0.1) is 6.58 Å². The average Bonchev–Trinajstić information content (AvgIpc) is 3.17. The lowest BCUT2D eigenvalue weighted by molar-refractivity contribution is 0.233. The fourth-order valence-electron chi connectivity index (χ4n) is 3.96. The van der Waals surface area contributed by atoms with Crippen molar-refractivity contribution < 1.29 is 9.47 Å². The Morgan fingerprint density at radius 3 is 2.57 bits per heavy atom. The Kier molecular flexibility index (Phi) is 5.22. The summed E-state index contributed by atoms with van der Waals surface area (Å²) < 4.78 is 10.8. The van der Waals surface area contributed by atoms with Gasteiger partial charge in [-0.2, -0.15) is 0 Å². The minimum absolute atomic E-state index is 0.293. The predicted octanol–water partition coefficient (Wildman–Crippen LogP) is 4.98. The number of ether oxygens (including phenoxy) is 2. The van der Waals surface area contributed by atoms with Crippen molar-refractivity contribution in [3.05, 3.63) is 84.1 Å². The number of nitrogens with zero attached hydrogens (tertiary/aromatic N) is 1. The van der Waals surface area contributed by atoms with E-state index in [4.69, 9.17) is 9.47 Å². The zero-order chi connectivity index (χ0) is 19.5. The Hall–Kier alpha value is -2.98. The van der Waals surface area contributed by atoms with Crippen LogP contribution in [0.1, 0.15) is 22.7 Å². The molecule has 2 heterocycles.